The van der Waals surface area contributed by atoms with Crippen molar-refractivity contribution < 1.29 is 14.6 Å². The number of hydrogen-bond acceptors (Lipinski definition) is 4. The summed E-state index contributed by atoms with van der Waals surface area (Å²) in [6.07, 6.45) is 1.77. The zero-order valence-corrected chi connectivity index (χ0v) is 19.9. The zero-order valence-electron chi connectivity index (χ0n) is 19.1. The van der Waals surface area contributed by atoms with Crippen molar-refractivity contribution in [3.8, 4) is 5.75 Å². The third kappa shape index (κ3) is 3.80. The third-order valence-electron chi connectivity index (χ3n) is 7.51. The van der Waals surface area contributed by atoms with E-state index in [0.29, 0.717) is 6.54 Å². The maximum absolute atomic E-state index is 12.0. The molecule has 33 heavy (non-hydrogen) atoms. The van der Waals surface area contributed by atoms with E-state index < -0.39 is 0 Å². The predicted octanol–water partition coefficient (Wildman–Crippen LogP) is 4.26. The van der Waals surface area contributed by atoms with Crippen LogP contribution in [0.1, 0.15) is 42.6 Å². The highest BCUT2D eigenvalue weighted by molar-refractivity contribution is 6.31. The molecule has 5 rings (SSSR count). The molecule has 2 aliphatic rings. The van der Waals surface area contributed by atoms with E-state index in [-0.39, 0.29) is 24.0 Å². The number of carbonyl (C=O) groups is 1. The Morgan fingerprint density at radius 3 is 2.67 bits per heavy atom. The Balaban J connectivity index is 1.62. The molecule has 174 valence electrons. The SMILES string of the molecule is COc1ccc2c3c([nH]c2c1)[C@H](CO)N(Cc1ccccc1Cl)CC31CCN(C(C)=O)CC1. The average Bonchev–Trinajstić information content (AvgIpc) is 3.20. The fourth-order valence-corrected chi connectivity index (χ4v) is 5.98. The number of fused-ring (bicyclic) bond motifs is 4. The van der Waals surface area contributed by atoms with Crippen LogP contribution < -0.4 is 4.74 Å². The van der Waals surface area contributed by atoms with E-state index in [1.54, 1.807) is 14.0 Å². The minimum Gasteiger partial charge on any atom is -0.497 e. The molecule has 2 aliphatic heterocycles. The predicted molar refractivity (Wildman–Crippen MR) is 130 cm³/mol. The number of aliphatic hydroxyl groups is 1. The van der Waals surface area contributed by atoms with Crippen molar-refractivity contribution in [2.24, 2.45) is 0 Å². The Labute approximate surface area is 199 Å². The number of amides is 1. The van der Waals surface area contributed by atoms with E-state index in [0.717, 1.165) is 60.0 Å². The van der Waals surface area contributed by atoms with Crippen LogP contribution in [0, 0.1) is 0 Å². The van der Waals surface area contributed by atoms with Crippen molar-refractivity contribution in [3.05, 3.63) is 64.3 Å². The number of benzene rings is 2. The second kappa shape index (κ2) is 8.67. The van der Waals surface area contributed by atoms with Gasteiger partial charge in [-0.3, -0.25) is 9.69 Å². The number of likely N-dealkylation sites (tertiary alicyclic amines) is 1. The topological polar surface area (TPSA) is 68.8 Å². The molecular formula is C26H30ClN3O3. The van der Waals surface area contributed by atoms with Crippen molar-refractivity contribution >= 4 is 28.4 Å². The third-order valence-corrected chi connectivity index (χ3v) is 7.88. The van der Waals surface area contributed by atoms with Crippen LogP contribution >= 0.6 is 11.6 Å². The molecule has 1 fully saturated rings. The van der Waals surface area contributed by atoms with Crippen molar-refractivity contribution in [2.75, 3.05) is 33.4 Å². The summed E-state index contributed by atoms with van der Waals surface area (Å²) in [5, 5.41) is 12.4. The van der Waals surface area contributed by atoms with E-state index in [2.05, 4.69) is 16.0 Å². The molecule has 0 aliphatic carbocycles. The molecule has 2 N–H and O–H groups in total. The van der Waals surface area contributed by atoms with Crippen LogP contribution in [0.2, 0.25) is 5.02 Å². The van der Waals surface area contributed by atoms with Gasteiger partial charge in [0.05, 0.1) is 19.8 Å². The lowest BCUT2D eigenvalue weighted by Crippen LogP contribution is -2.54. The number of rotatable bonds is 4. The first-order chi connectivity index (χ1) is 16.0. The summed E-state index contributed by atoms with van der Waals surface area (Å²) in [6.45, 7) is 4.59. The zero-order chi connectivity index (χ0) is 23.2. The molecular weight excluding hydrogens is 438 g/mol. The average molecular weight is 468 g/mol. The van der Waals surface area contributed by atoms with Crippen LogP contribution in [0.5, 0.6) is 5.75 Å². The van der Waals surface area contributed by atoms with Crippen LogP contribution in [0.3, 0.4) is 0 Å². The molecule has 7 heteroatoms. The van der Waals surface area contributed by atoms with Crippen LogP contribution in [-0.4, -0.2) is 59.1 Å². The van der Waals surface area contributed by atoms with Crippen molar-refractivity contribution in [3.63, 3.8) is 0 Å². The molecule has 1 amide bonds. The van der Waals surface area contributed by atoms with E-state index in [1.165, 1.54) is 10.9 Å². The molecule has 0 unspecified atom stereocenters. The molecule has 0 radical (unpaired) electrons. The van der Waals surface area contributed by atoms with Gasteiger partial charge in [0, 0.05) is 66.2 Å². The van der Waals surface area contributed by atoms with Crippen molar-refractivity contribution in [2.45, 2.75) is 37.8 Å². The van der Waals surface area contributed by atoms with Gasteiger partial charge < -0.3 is 19.7 Å². The lowest BCUT2D eigenvalue weighted by molar-refractivity contribution is -0.130. The molecule has 0 saturated carbocycles. The molecule has 3 aromatic rings. The lowest BCUT2D eigenvalue weighted by atomic mass is 9.68. The Hall–Kier alpha value is -2.54. The standard InChI is InChI=1S/C26H30ClN3O3/c1-17(32)29-11-9-26(10-12-29)16-30(14-18-5-3-4-6-21(18)27)23(15-31)25-24(26)20-8-7-19(33-2)13-22(20)28-25/h3-8,13,23,28,31H,9-12,14-16H2,1-2H3/t23-/m0/s1. The maximum Gasteiger partial charge on any atom is 0.219 e. The van der Waals surface area contributed by atoms with E-state index in [4.69, 9.17) is 16.3 Å². The van der Waals surface area contributed by atoms with Gasteiger partial charge in [-0.25, -0.2) is 0 Å². The minimum absolute atomic E-state index is 0.0110. The van der Waals surface area contributed by atoms with Gasteiger partial charge >= 0.3 is 0 Å². The smallest absolute Gasteiger partial charge is 0.219 e. The van der Waals surface area contributed by atoms with Crippen molar-refractivity contribution in [1.82, 2.24) is 14.8 Å². The molecule has 0 bridgehead atoms. The van der Waals surface area contributed by atoms with E-state index in [1.807, 2.05) is 41.3 Å². The number of methoxy groups -OCH3 is 1. The molecule has 1 spiro atoms. The normalized spacial score (nSPS) is 20.2. The highest BCUT2D eigenvalue weighted by Gasteiger charge is 2.47. The molecule has 1 saturated heterocycles. The Morgan fingerprint density at radius 1 is 1.24 bits per heavy atom. The summed E-state index contributed by atoms with van der Waals surface area (Å²) in [7, 11) is 1.67. The number of ether oxygens (including phenoxy) is 1. The summed E-state index contributed by atoms with van der Waals surface area (Å²) >= 11 is 6.51. The first-order valence-corrected chi connectivity index (χ1v) is 11.9. The maximum atomic E-state index is 12.0. The van der Waals surface area contributed by atoms with E-state index in [9.17, 15) is 9.90 Å². The van der Waals surface area contributed by atoms with Gasteiger partial charge in [-0.2, -0.15) is 0 Å². The number of aliphatic hydroxyl groups excluding tert-OH is 1. The van der Waals surface area contributed by atoms with Gasteiger partial charge in [-0.05, 0) is 42.2 Å². The van der Waals surface area contributed by atoms with Crippen molar-refractivity contribution in [1.29, 1.82) is 0 Å². The monoisotopic (exact) mass is 467 g/mol. The van der Waals surface area contributed by atoms with Gasteiger partial charge in [0.25, 0.3) is 0 Å². The molecule has 6 nitrogen and oxygen atoms in total. The fraction of sp³-hybridized carbons (Fsp3) is 0.423. The Bertz CT molecular complexity index is 1180. The highest BCUT2D eigenvalue weighted by atomic mass is 35.5. The summed E-state index contributed by atoms with van der Waals surface area (Å²) in [4.78, 5) is 20.0. The molecule has 2 aromatic carbocycles. The van der Waals surface area contributed by atoms with Gasteiger partial charge in [-0.15, -0.1) is 0 Å². The second-order valence-corrected chi connectivity index (χ2v) is 9.71. The summed E-state index contributed by atoms with van der Waals surface area (Å²) < 4.78 is 5.46. The summed E-state index contributed by atoms with van der Waals surface area (Å²) in [6, 6.07) is 13.9. The van der Waals surface area contributed by atoms with E-state index >= 15 is 0 Å². The molecule has 1 aromatic heterocycles. The number of aromatic nitrogens is 1. The number of nitrogens with one attached hydrogen (secondary N) is 1. The first kappa shape index (κ1) is 22.3. The number of hydrogen-bond donors (Lipinski definition) is 2. The van der Waals surface area contributed by atoms with Gasteiger partial charge in [0.15, 0.2) is 0 Å². The number of aromatic amines is 1. The number of nitrogens with zero attached hydrogens (tertiary/aromatic N) is 2. The van der Waals surface area contributed by atoms with Crippen LogP contribution in [-0.2, 0) is 16.8 Å². The first-order valence-electron chi connectivity index (χ1n) is 11.5. The number of H-pyrrole nitrogens is 1. The largest absolute Gasteiger partial charge is 0.497 e. The second-order valence-electron chi connectivity index (χ2n) is 9.31. The Morgan fingerprint density at radius 2 is 2.00 bits per heavy atom. The molecule has 1 atom stereocenters. The minimum atomic E-state index is -0.161. The van der Waals surface area contributed by atoms with Crippen LogP contribution in [0.4, 0.5) is 0 Å². The highest BCUT2D eigenvalue weighted by Crippen LogP contribution is 2.49. The lowest BCUT2D eigenvalue weighted by Gasteiger charge is -2.50. The molecule has 3 heterocycles. The van der Waals surface area contributed by atoms with Gasteiger partial charge in [0.2, 0.25) is 5.91 Å². The number of carbonyl (C=O) groups excluding carboxylic acids is 1. The van der Waals surface area contributed by atoms with Gasteiger partial charge in [-0.1, -0.05) is 29.8 Å². The number of halogens is 1. The fourth-order valence-electron chi connectivity index (χ4n) is 5.78. The Kier molecular flexibility index (Phi) is 5.85. The number of piperidine rings is 1. The van der Waals surface area contributed by atoms with Crippen LogP contribution in [0.15, 0.2) is 42.5 Å². The van der Waals surface area contributed by atoms with Gasteiger partial charge in [0.1, 0.15) is 5.75 Å². The quantitative estimate of drug-likeness (QED) is 0.601. The van der Waals surface area contributed by atoms with Crippen LogP contribution in [0.25, 0.3) is 10.9 Å². The summed E-state index contributed by atoms with van der Waals surface area (Å²) in [5.74, 6) is 0.931. The summed E-state index contributed by atoms with van der Waals surface area (Å²) in [5.41, 5.74) is 4.32.